The van der Waals surface area contributed by atoms with Crippen molar-refractivity contribution < 1.29 is 4.39 Å². The number of aryl methyl sites for hydroxylation is 1. The van der Waals surface area contributed by atoms with E-state index in [4.69, 9.17) is 4.98 Å². The van der Waals surface area contributed by atoms with Gasteiger partial charge in [-0.15, -0.1) is 12.4 Å². The van der Waals surface area contributed by atoms with Crippen LogP contribution in [0.2, 0.25) is 0 Å². The van der Waals surface area contributed by atoms with Crippen molar-refractivity contribution in [3.8, 4) is 0 Å². The van der Waals surface area contributed by atoms with Crippen LogP contribution in [-0.4, -0.2) is 16.6 Å². The number of nitrogens with zero attached hydrogens (tertiary/aromatic N) is 3. The van der Waals surface area contributed by atoms with Crippen LogP contribution in [0.25, 0.3) is 10.9 Å². The zero-order valence-electron chi connectivity index (χ0n) is 20.3. The van der Waals surface area contributed by atoms with Crippen LogP contribution in [-0.2, 0) is 18.5 Å². The Kier molecular flexibility index (Phi) is 7.18. The van der Waals surface area contributed by atoms with Gasteiger partial charge in [-0.3, -0.25) is 0 Å². The average Bonchev–Trinajstić information content (AvgIpc) is 3.00. The lowest BCUT2D eigenvalue weighted by atomic mass is 9.87. The van der Waals surface area contributed by atoms with Gasteiger partial charge in [-0.05, 0) is 59.7 Å². The lowest BCUT2D eigenvalue weighted by molar-refractivity contribution is 0.590. The van der Waals surface area contributed by atoms with Crippen molar-refractivity contribution in [1.82, 2.24) is 9.55 Å². The van der Waals surface area contributed by atoms with Crippen molar-refractivity contribution in [3.63, 3.8) is 0 Å². The third-order valence-electron chi connectivity index (χ3n) is 6.38. The Balaban J connectivity index is 0.00000306. The molecule has 5 heteroatoms. The predicted octanol–water partition coefficient (Wildman–Crippen LogP) is 7.20. The van der Waals surface area contributed by atoms with E-state index < -0.39 is 0 Å². The molecule has 0 atom stereocenters. The van der Waals surface area contributed by atoms with Gasteiger partial charge in [-0.1, -0.05) is 57.2 Å². The maximum Gasteiger partial charge on any atom is 0.153 e. The van der Waals surface area contributed by atoms with Crippen molar-refractivity contribution in [2.75, 3.05) is 11.9 Å². The SMILES string of the molecule is Cc1c(C)n(Cc2ccc(C(C)(C)C)cc2)c2c(N(C)Cc3ccc(F)cc3)nccc12.Cl. The molecule has 0 aliphatic carbocycles. The summed E-state index contributed by atoms with van der Waals surface area (Å²) in [7, 11) is 2.05. The van der Waals surface area contributed by atoms with E-state index in [0.29, 0.717) is 6.54 Å². The van der Waals surface area contributed by atoms with Gasteiger partial charge in [0.1, 0.15) is 5.82 Å². The molecule has 0 bridgehead atoms. The van der Waals surface area contributed by atoms with Gasteiger partial charge in [-0.2, -0.15) is 0 Å². The minimum absolute atomic E-state index is 0. The molecule has 0 aliphatic rings. The summed E-state index contributed by atoms with van der Waals surface area (Å²) < 4.78 is 15.7. The number of benzene rings is 2. The first kappa shape index (κ1) is 24.8. The molecule has 3 nitrogen and oxygen atoms in total. The molecule has 0 fully saturated rings. The summed E-state index contributed by atoms with van der Waals surface area (Å²) in [4.78, 5) is 6.90. The van der Waals surface area contributed by atoms with Crippen molar-refractivity contribution >= 4 is 29.1 Å². The number of hydrogen-bond donors (Lipinski definition) is 0. The topological polar surface area (TPSA) is 21.1 Å². The molecule has 0 amide bonds. The van der Waals surface area contributed by atoms with Gasteiger partial charge in [0.2, 0.25) is 0 Å². The average molecular weight is 466 g/mol. The second kappa shape index (κ2) is 9.56. The molecule has 0 radical (unpaired) electrons. The fourth-order valence-corrected chi connectivity index (χ4v) is 4.28. The molecule has 4 rings (SSSR count). The third-order valence-corrected chi connectivity index (χ3v) is 6.38. The molecule has 2 heterocycles. The zero-order valence-corrected chi connectivity index (χ0v) is 21.1. The zero-order chi connectivity index (χ0) is 23.0. The monoisotopic (exact) mass is 465 g/mol. The quantitative estimate of drug-likeness (QED) is 0.311. The molecule has 0 N–H and O–H groups in total. The second-order valence-corrected chi connectivity index (χ2v) is 9.76. The maximum atomic E-state index is 13.3. The Hall–Kier alpha value is -2.85. The molecule has 4 aromatic rings. The molecule has 2 aromatic carbocycles. The Labute approximate surface area is 202 Å². The number of hydrogen-bond acceptors (Lipinski definition) is 2. The van der Waals surface area contributed by atoms with E-state index >= 15 is 0 Å². The second-order valence-electron chi connectivity index (χ2n) is 9.76. The van der Waals surface area contributed by atoms with Crippen LogP contribution in [0.1, 0.15) is 48.7 Å². The van der Waals surface area contributed by atoms with E-state index in [1.165, 1.54) is 39.9 Å². The van der Waals surface area contributed by atoms with Gasteiger partial charge in [0, 0.05) is 37.4 Å². The van der Waals surface area contributed by atoms with Gasteiger partial charge in [-0.25, -0.2) is 9.37 Å². The number of halogens is 2. The van der Waals surface area contributed by atoms with E-state index in [1.807, 2.05) is 25.4 Å². The van der Waals surface area contributed by atoms with Gasteiger partial charge < -0.3 is 9.47 Å². The Bertz CT molecular complexity index is 1240. The summed E-state index contributed by atoms with van der Waals surface area (Å²) in [6.07, 6.45) is 1.88. The lowest BCUT2D eigenvalue weighted by Crippen LogP contribution is -2.19. The smallest absolute Gasteiger partial charge is 0.153 e. The van der Waals surface area contributed by atoms with Crippen molar-refractivity contribution in [1.29, 1.82) is 0 Å². The summed E-state index contributed by atoms with van der Waals surface area (Å²) in [5.74, 6) is 0.726. The maximum absolute atomic E-state index is 13.3. The normalized spacial score (nSPS) is 11.5. The summed E-state index contributed by atoms with van der Waals surface area (Å²) >= 11 is 0. The fraction of sp³-hybridized carbons (Fsp3) is 0.321. The van der Waals surface area contributed by atoms with E-state index in [0.717, 1.165) is 23.4 Å². The summed E-state index contributed by atoms with van der Waals surface area (Å²) in [6, 6.07) is 17.7. The van der Waals surface area contributed by atoms with Gasteiger partial charge >= 0.3 is 0 Å². The number of anilines is 1. The minimum atomic E-state index is -0.214. The Morgan fingerprint density at radius 1 is 0.909 bits per heavy atom. The van der Waals surface area contributed by atoms with Crippen LogP contribution < -0.4 is 4.90 Å². The standard InChI is InChI=1S/C28H32FN3.ClH/c1-19-20(2)32(18-22-7-11-23(12-8-22)28(3,4)5)26-25(19)15-16-30-27(26)31(6)17-21-9-13-24(29)14-10-21;/h7-16H,17-18H2,1-6H3;1H. The highest BCUT2D eigenvalue weighted by Gasteiger charge is 2.19. The lowest BCUT2D eigenvalue weighted by Gasteiger charge is -2.21. The summed E-state index contributed by atoms with van der Waals surface area (Å²) in [5.41, 5.74) is 7.49. The number of rotatable bonds is 5. The van der Waals surface area contributed by atoms with Crippen LogP contribution in [0.4, 0.5) is 10.2 Å². The highest BCUT2D eigenvalue weighted by Crippen LogP contribution is 2.32. The van der Waals surface area contributed by atoms with E-state index in [9.17, 15) is 4.39 Å². The van der Waals surface area contributed by atoms with Crippen LogP contribution in [0.3, 0.4) is 0 Å². The molecular formula is C28H33ClFN3. The molecule has 0 saturated carbocycles. The molecule has 2 aromatic heterocycles. The molecule has 33 heavy (non-hydrogen) atoms. The van der Waals surface area contributed by atoms with Crippen LogP contribution in [0, 0.1) is 19.7 Å². The first-order valence-corrected chi connectivity index (χ1v) is 11.1. The van der Waals surface area contributed by atoms with Gasteiger partial charge in [0.25, 0.3) is 0 Å². The van der Waals surface area contributed by atoms with Gasteiger partial charge in [0.15, 0.2) is 5.82 Å². The summed E-state index contributed by atoms with van der Waals surface area (Å²) in [5, 5.41) is 1.23. The van der Waals surface area contributed by atoms with Crippen molar-refractivity contribution in [2.45, 2.75) is 53.1 Å². The predicted molar refractivity (Wildman–Crippen MR) is 139 cm³/mol. The van der Waals surface area contributed by atoms with Crippen LogP contribution in [0.5, 0.6) is 0 Å². The fourth-order valence-electron chi connectivity index (χ4n) is 4.28. The molecular weight excluding hydrogens is 433 g/mol. The first-order chi connectivity index (χ1) is 15.1. The molecule has 0 saturated heterocycles. The minimum Gasteiger partial charge on any atom is -0.354 e. The Morgan fingerprint density at radius 3 is 2.12 bits per heavy atom. The number of fused-ring (bicyclic) bond motifs is 1. The van der Waals surface area contributed by atoms with Gasteiger partial charge in [0.05, 0.1) is 5.52 Å². The molecule has 0 unspecified atom stereocenters. The van der Waals surface area contributed by atoms with E-state index in [1.54, 1.807) is 0 Å². The highest BCUT2D eigenvalue weighted by atomic mass is 35.5. The third kappa shape index (κ3) is 5.06. The highest BCUT2D eigenvalue weighted by molar-refractivity contribution is 5.93. The van der Waals surface area contributed by atoms with E-state index in [2.05, 4.69) is 74.4 Å². The van der Waals surface area contributed by atoms with E-state index in [-0.39, 0.29) is 23.6 Å². The number of aromatic nitrogens is 2. The van der Waals surface area contributed by atoms with Crippen LogP contribution >= 0.6 is 12.4 Å². The largest absolute Gasteiger partial charge is 0.354 e. The Morgan fingerprint density at radius 2 is 1.52 bits per heavy atom. The molecule has 174 valence electrons. The summed E-state index contributed by atoms with van der Waals surface area (Å²) in [6.45, 7) is 12.5. The number of pyridine rings is 1. The molecule has 0 spiro atoms. The van der Waals surface area contributed by atoms with Crippen LogP contribution in [0.15, 0.2) is 60.8 Å². The molecule has 0 aliphatic heterocycles. The first-order valence-electron chi connectivity index (χ1n) is 11.1. The van der Waals surface area contributed by atoms with Crippen molar-refractivity contribution in [3.05, 3.63) is 94.6 Å². The van der Waals surface area contributed by atoms with Crippen molar-refractivity contribution in [2.24, 2.45) is 0 Å².